The second-order valence-corrected chi connectivity index (χ2v) is 9.02. The molecule has 0 aliphatic heterocycles. The lowest BCUT2D eigenvalue weighted by atomic mass is 9.55. The highest BCUT2D eigenvalue weighted by Crippen LogP contribution is 2.62. The summed E-state index contributed by atoms with van der Waals surface area (Å²) in [5.74, 6) is 2.92. The Bertz CT molecular complexity index is 658. The molecule has 0 amide bonds. The molecule has 25 heavy (non-hydrogen) atoms. The van der Waals surface area contributed by atoms with E-state index < -0.39 is 0 Å². The lowest BCUT2D eigenvalue weighted by Crippen LogP contribution is -2.40. The van der Waals surface area contributed by atoms with Crippen LogP contribution in [0.3, 0.4) is 0 Å². The van der Waals surface area contributed by atoms with Gasteiger partial charge in [-0.25, -0.2) is 0 Å². The molecular formula is C24H34O. The highest BCUT2D eigenvalue weighted by Gasteiger charge is 2.52. The molecule has 1 aromatic rings. The van der Waals surface area contributed by atoms with Crippen LogP contribution in [-0.2, 0) is 6.42 Å². The van der Waals surface area contributed by atoms with Crippen molar-refractivity contribution in [2.24, 2.45) is 17.3 Å². The summed E-state index contributed by atoms with van der Waals surface area (Å²) < 4.78 is 0. The number of allylic oxidation sites excluding steroid dienone is 2. The maximum absolute atomic E-state index is 9.82. The van der Waals surface area contributed by atoms with Crippen LogP contribution in [0.15, 0.2) is 29.8 Å². The molecule has 0 aromatic heterocycles. The normalized spacial score (nSPS) is 35.3. The van der Waals surface area contributed by atoms with E-state index >= 15 is 0 Å². The minimum Gasteiger partial charge on any atom is -0.508 e. The third-order valence-electron chi connectivity index (χ3n) is 7.76. The average Bonchev–Trinajstić information content (AvgIpc) is 2.95. The van der Waals surface area contributed by atoms with Crippen LogP contribution < -0.4 is 0 Å². The predicted molar refractivity (Wildman–Crippen MR) is 105 cm³/mol. The molecule has 2 fully saturated rings. The molecule has 0 radical (unpaired) electrons. The van der Waals surface area contributed by atoms with E-state index in [1.807, 2.05) is 12.1 Å². The highest BCUT2D eigenvalue weighted by molar-refractivity contribution is 5.40. The van der Waals surface area contributed by atoms with Gasteiger partial charge in [0, 0.05) is 0 Å². The maximum atomic E-state index is 9.82. The number of hydrogen-bond acceptors (Lipinski definition) is 1. The van der Waals surface area contributed by atoms with Gasteiger partial charge in [0.2, 0.25) is 0 Å². The quantitative estimate of drug-likeness (QED) is 0.475. The fraction of sp³-hybridized carbons (Fsp3) is 0.667. The Morgan fingerprint density at radius 1 is 1.16 bits per heavy atom. The monoisotopic (exact) mass is 338 g/mol. The molecule has 0 unspecified atom stereocenters. The summed E-state index contributed by atoms with van der Waals surface area (Å²) in [6, 6.07) is 6.15. The average molecular weight is 339 g/mol. The van der Waals surface area contributed by atoms with Gasteiger partial charge in [-0.2, -0.15) is 0 Å². The molecule has 0 spiro atoms. The first kappa shape index (κ1) is 17.2. The van der Waals surface area contributed by atoms with Gasteiger partial charge in [0.1, 0.15) is 5.75 Å². The summed E-state index contributed by atoms with van der Waals surface area (Å²) in [5.41, 5.74) is 5.24. The van der Waals surface area contributed by atoms with E-state index in [9.17, 15) is 5.11 Å². The van der Waals surface area contributed by atoms with Crippen LogP contribution >= 0.6 is 0 Å². The number of benzene rings is 1. The Balaban J connectivity index is 1.55. The topological polar surface area (TPSA) is 20.2 Å². The van der Waals surface area contributed by atoms with E-state index in [2.05, 4.69) is 26.0 Å². The molecule has 1 nitrogen and oxygen atoms in total. The van der Waals surface area contributed by atoms with Gasteiger partial charge in [-0.15, -0.1) is 0 Å². The number of aryl methyl sites for hydroxylation is 1. The van der Waals surface area contributed by atoms with E-state index in [0.717, 1.165) is 24.2 Å². The molecule has 136 valence electrons. The summed E-state index contributed by atoms with van der Waals surface area (Å²) in [6.45, 7) is 4.88. The van der Waals surface area contributed by atoms with Gasteiger partial charge < -0.3 is 5.11 Å². The molecule has 3 aliphatic carbocycles. The van der Waals surface area contributed by atoms with Crippen LogP contribution in [0, 0.1) is 17.3 Å². The van der Waals surface area contributed by atoms with Gasteiger partial charge in [0.05, 0.1) is 0 Å². The van der Waals surface area contributed by atoms with E-state index in [1.54, 1.807) is 11.1 Å². The SMILES string of the molecule is CCCCCC=C1CC[C@H]2[C@@H]3CCc4cc(O)ccc4[C@H]3CC[C@]12C. The number of unbranched alkanes of at least 4 members (excludes halogenated alkanes) is 3. The number of phenols is 1. The van der Waals surface area contributed by atoms with E-state index in [0.29, 0.717) is 11.2 Å². The Kier molecular flexibility index (Phi) is 4.69. The summed E-state index contributed by atoms with van der Waals surface area (Å²) in [6.07, 6.45) is 15.9. The number of phenolic OH excluding ortho intramolecular Hbond substituents is 1. The van der Waals surface area contributed by atoms with Crippen LogP contribution in [0.5, 0.6) is 5.75 Å². The van der Waals surface area contributed by atoms with Crippen LogP contribution in [0.1, 0.15) is 88.7 Å². The van der Waals surface area contributed by atoms with Crippen molar-refractivity contribution in [2.75, 3.05) is 0 Å². The van der Waals surface area contributed by atoms with Gasteiger partial charge in [-0.1, -0.05) is 44.4 Å². The standard InChI is InChI=1S/C24H34O/c1-3-4-5-6-7-18-9-13-23-22-11-8-17-16-19(25)10-12-20(17)21(22)14-15-24(18,23)2/h7,10,12,16,21-23,25H,3-6,8-9,11,13-15H2,1-2H3/t21-,22-,23+,24-/m1/s1. The Labute approximate surface area is 153 Å². The van der Waals surface area contributed by atoms with Crippen LogP contribution in [0.4, 0.5) is 0 Å². The van der Waals surface area contributed by atoms with Crippen molar-refractivity contribution in [1.82, 2.24) is 0 Å². The molecule has 3 aliphatic rings. The first-order chi connectivity index (χ1) is 12.1. The third kappa shape index (κ3) is 2.94. The first-order valence-corrected chi connectivity index (χ1v) is 10.6. The molecule has 4 rings (SSSR count). The van der Waals surface area contributed by atoms with Crippen molar-refractivity contribution in [3.8, 4) is 5.75 Å². The second kappa shape index (κ2) is 6.82. The van der Waals surface area contributed by atoms with Crippen LogP contribution in [-0.4, -0.2) is 5.11 Å². The predicted octanol–water partition coefficient (Wildman–Crippen LogP) is 6.76. The Morgan fingerprint density at radius 3 is 2.88 bits per heavy atom. The van der Waals surface area contributed by atoms with Crippen molar-refractivity contribution in [2.45, 2.75) is 84.0 Å². The summed E-state index contributed by atoms with van der Waals surface area (Å²) in [5, 5.41) is 9.82. The second-order valence-electron chi connectivity index (χ2n) is 9.02. The van der Waals surface area contributed by atoms with Crippen LogP contribution in [0.25, 0.3) is 0 Å². The minimum absolute atomic E-state index is 0.441. The van der Waals surface area contributed by atoms with Crippen molar-refractivity contribution < 1.29 is 5.11 Å². The lowest BCUT2D eigenvalue weighted by Gasteiger charge is -2.49. The number of hydrogen-bond donors (Lipinski definition) is 1. The molecule has 2 saturated carbocycles. The summed E-state index contributed by atoms with van der Waals surface area (Å²) in [4.78, 5) is 0. The van der Waals surface area contributed by atoms with Gasteiger partial charge in [-0.05, 0) is 97.8 Å². The third-order valence-corrected chi connectivity index (χ3v) is 7.76. The fourth-order valence-corrected chi connectivity index (χ4v) is 6.42. The highest BCUT2D eigenvalue weighted by atomic mass is 16.3. The van der Waals surface area contributed by atoms with Crippen molar-refractivity contribution in [3.05, 3.63) is 41.0 Å². The zero-order valence-corrected chi connectivity index (χ0v) is 16.1. The van der Waals surface area contributed by atoms with E-state index in [1.165, 1.54) is 63.4 Å². The summed E-state index contributed by atoms with van der Waals surface area (Å²) in [7, 11) is 0. The lowest BCUT2D eigenvalue weighted by molar-refractivity contribution is 0.0812. The maximum Gasteiger partial charge on any atom is 0.115 e. The smallest absolute Gasteiger partial charge is 0.115 e. The van der Waals surface area contributed by atoms with E-state index in [4.69, 9.17) is 0 Å². The Hall–Kier alpha value is -1.24. The van der Waals surface area contributed by atoms with Crippen molar-refractivity contribution in [3.63, 3.8) is 0 Å². The number of fused-ring (bicyclic) bond motifs is 5. The molecule has 1 N–H and O–H groups in total. The molecule has 0 saturated heterocycles. The molecular weight excluding hydrogens is 304 g/mol. The van der Waals surface area contributed by atoms with Crippen LogP contribution in [0.2, 0.25) is 0 Å². The fourth-order valence-electron chi connectivity index (χ4n) is 6.42. The van der Waals surface area contributed by atoms with Gasteiger partial charge in [-0.3, -0.25) is 0 Å². The molecule has 1 heteroatoms. The van der Waals surface area contributed by atoms with Crippen molar-refractivity contribution in [1.29, 1.82) is 0 Å². The first-order valence-electron chi connectivity index (χ1n) is 10.6. The largest absolute Gasteiger partial charge is 0.508 e. The summed E-state index contributed by atoms with van der Waals surface area (Å²) >= 11 is 0. The number of rotatable bonds is 4. The number of aromatic hydroxyl groups is 1. The van der Waals surface area contributed by atoms with Gasteiger partial charge in [0.15, 0.2) is 0 Å². The van der Waals surface area contributed by atoms with Crippen molar-refractivity contribution >= 4 is 0 Å². The molecule has 1 aromatic carbocycles. The zero-order chi connectivity index (χ0) is 17.4. The molecule has 0 heterocycles. The zero-order valence-electron chi connectivity index (χ0n) is 16.1. The van der Waals surface area contributed by atoms with Gasteiger partial charge >= 0.3 is 0 Å². The van der Waals surface area contributed by atoms with E-state index in [-0.39, 0.29) is 0 Å². The molecule has 0 bridgehead atoms. The Morgan fingerprint density at radius 2 is 2.04 bits per heavy atom. The molecule has 4 atom stereocenters. The minimum atomic E-state index is 0.441. The van der Waals surface area contributed by atoms with Gasteiger partial charge in [0.25, 0.3) is 0 Å².